The molecule has 0 aliphatic carbocycles. The summed E-state index contributed by atoms with van der Waals surface area (Å²) in [6.07, 6.45) is 1.59. The summed E-state index contributed by atoms with van der Waals surface area (Å²) in [6.45, 7) is 1.22. The maximum absolute atomic E-state index is 12.7. The zero-order valence-corrected chi connectivity index (χ0v) is 14.0. The molecule has 0 saturated carbocycles. The van der Waals surface area contributed by atoms with Crippen LogP contribution in [0.4, 0.5) is 0 Å². The lowest BCUT2D eigenvalue weighted by atomic mass is 10.2. The number of carbonyl (C=O) groups excluding carboxylic acids is 2. The monoisotopic (exact) mass is 395 g/mol. The number of nitrogens with one attached hydrogen (secondary N) is 1. The summed E-state index contributed by atoms with van der Waals surface area (Å²) in [4.78, 5) is 26.8. The number of aromatic nitrogens is 1. The number of imide groups is 1. The third-order valence-electron chi connectivity index (χ3n) is 2.96. The fourth-order valence-electron chi connectivity index (χ4n) is 2.00. The van der Waals surface area contributed by atoms with Crippen LogP contribution < -0.4 is 5.32 Å². The predicted octanol–water partition coefficient (Wildman–Crippen LogP) is 0.923. The number of carbonyl (C=O) groups is 2. The van der Waals surface area contributed by atoms with Crippen LogP contribution in [0.15, 0.2) is 21.6 Å². The second-order valence-corrected chi connectivity index (χ2v) is 7.46. The van der Waals surface area contributed by atoms with Crippen molar-refractivity contribution < 1.29 is 18.0 Å². The zero-order valence-electron chi connectivity index (χ0n) is 10.8. The summed E-state index contributed by atoms with van der Waals surface area (Å²) in [5.41, 5.74) is 0. The lowest BCUT2D eigenvalue weighted by Gasteiger charge is -2.32. The van der Waals surface area contributed by atoms with Crippen LogP contribution in [0.2, 0.25) is 5.15 Å². The van der Waals surface area contributed by atoms with E-state index in [2.05, 4.69) is 26.2 Å². The van der Waals surface area contributed by atoms with Gasteiger partial charge in [-0.3, -0.25) is 14.9 Å². The Morgan fingerprint density at radius 3 is 2.81 bits per heavy atom. The van der Waals surface area contributed by atoms with E-state index >= 15 is 0 Å². The van der Waals surface area contributed by atoms with E-state index in [1.165, 1.54) is 12.3 Å². The van der Waals surface area contributed by atoms with E-state index in [9.17, 15) is 18.0 Å². The summed E-state index contributed by atoms with van der Waals surface area (Å²) in [6, 6.07) is 0.330. The maximum atomic E-state index is 12.7. The van der Waals surface area contributed by atoms with Crippen molar-refractivity contribution in [1.82, 2.24) is 14.6 Å². The van der Waals surface area contributed by atoms with Gasteiger partial charge in [-0.2, -0.15) is 4.31 Å². The fraction of sp³-hybridized carbons (Fsp3) is 0.364. The van der Waals surface area contributed by atoms with Gasteiger partial charge in [0.1, 0.15) is 16.1 Å². The van der Waals surface area contributed by atoms with Gasteiger partial charge in [-0.25, -0.2) is 13.4 Å². The van der Waals surface area contributed by atoms with Gasteiger partial charge >= 0.3 is 0 Å². The Bertz CT molecular complexity index is 709. The first-order valence-corrected chi connectivity index (χ1v) is 8.55. The SMILES string of the molecule is CCC1C(=O)NC(=O)CN1S(=O)(=O)c1cc(Br)cnc1Cl. The van der Waals surface area contributed by atoms with Crippen molar-refractivity contribution in [2.45, 2.75) is 24.3 Å². The van der Waals surface area contributed by atoms with Crippen LogP contribution in [0.5, 0.6) is 0 Å². The molecule has 2 amide bonds. The summed E-state index contributed by atoms with van der Waals surface area (Å²) in [7, 11) is -4.12. The highest BCUT2D eigenvalue weighted by atomic mass is 79.9. The molecule has 0 aromatic carbocycles. The van der Waals surface area contributed by atoms with Crippen LogP contribution in [-0.2, 0) is 19.6 Å². The van der Waals surface area contributed by atoms with E-state index in [-0.39, 0.29) is 16.5 Å². The average Bonchev–Trinajstić information content (AvgIpc) is 2.40. The van der Waals surface area contributed by atoms with E-state index in [0.29, 0.717) is 4.47 Å². The van der Waals surface area contributed by atoms with E-state index in [4.69, 9.17) is 11.6 Å². The van der Waals surface area contributed by atoms with Gasteiger partial charge in [0.15, 0.2) is 0 Å². The van der Waals surface area contributed by atoms with Crippen LogP contribution in [0.25, 0.3) is 0 Å². The Balaban J connectivity index is 2.53. The molecule has 0 bridgehead atoms. The summed E-state index contributed by atoms with van der Waals surface area (Å²) >= 11 is 8.96. The Morgan fingerprint density at radius 1 is 1.52 bits per heavy atom. The van der Waals surface area contributed by atoms with Crippen molar-refractivity contribution in [3.63, 3.8) is 0 Å². The van der Waals surface area contributed by atoms with Crippen LogP contribution in [-0.4, -0.2) is 42.1 Å². The number of piperazine rings is 1. The molecule has 21 heavy (non-hydrogen) atoms. The van der Waals surface area contributed by atoms with E-state index in [1.54, 1.807) is 6.92 Å². The quantitative estimate of drug-likeness (QED) is 0.605. The van der Waals surface area contributed by atoms with E-state index in [0.717, 1.165) is 4.31 Å². The predicted molar refractivity (Wildman–Crippen MR) is 78.1 cm³/mol. The lowest BCUT2D eigenvalue weighted by molar-refractivity contribution is -0.137. The third kappa shape index (κ3) is 3.10. The Kier molecular flexibility index (Phi) is 4.66. The van der Waals surface area contributed by atoms with Crippen molar-refractivity contribution in [1.29, 1.82) is 0 Å². The molecule has 7 nitrogen and oxygen atoms in total. The van der Waals surface area contributed by atoms with Gasteiger partial charge in [-0.1, -0.05) is 18.5 Å². The van der Waals surface area contributed by atoms with Gasteiger partial charge in [-0.15, -0.1) is 0 Å². The zero-order chi connectivity index (χ0) is 15.8. The van der Waals surface area contributed by atoms with Gasteiger partial charge in [0, 0.05) is 10.7 Å². The van der Waals surface area contributed by atoms with Crippen molar-refractivity contribution >= 4 is 49.4 Å². The smallest absolute Gasteiger partial charge is 0.247 e. The van der Waals surface area contributed by atoms with Gasteiger partial charge in [0.2, 0.25) is 21.8 Å². The average molecular weight is 397 g/mol. The molecule has 1 N–H and O–H groups in total. The molecule has 1 aromatic heterocycles. The topological polar surface area (TPSA) is 96.4 Å². The van der Waals surface area contributed by atoms with E-state index in [1.807, 2.05) is 0 Å². The molecule has 1 atom stereocenters. The molecule has 10 heteroatoms. The molecule has 114 valence electrons. The van der Waals surface area contributed by atoms with Crippen molar-refractivity contribution in [2.75, 3.05) is 6.54 Å². The molecule has 1 unspecified atom stereocenters. The second kappa shape index (κ2) is 5.99. The van der Waals surface area contributed by atoms with Crippen LogP contribution >= 0.6 is 27.5 Å². The molecular weight excluding hydrogens is 386 g/mol. The van der Waals surface area contributed by atoms with Gasteiger partial charge in [0.25, 0.3) is 0 Å². The molecule has 2 rings (SSSR count). The number of halogens is 2. The number of hydrogen-bond donors (Lipinski definition) is 1. The summed E-state index contributed by atoms with van der Waals surface area (Å²) in [5.74, 6) is -1.32. The molecule has 2 heterocycles. The number of amides is 2. The van der Waals surface area contributed by atoms with Gasteiger partial charge in [0.05, 0.1) is 6.54 Å². The molecule has 0 radical (unpaired) electrons. The van der Waals surface area contributed by atoms with Crippen molar-refractivity contribution in [3.8, 4) is 0 Å². The fourth-order valence-corrected chi connectivity index (χ4v) is 4.54. The van der Waals surface area contributed by atoms with Crippen molar-refractivity contribution in [2.24, 2.45) is 0 Å². The molecule has 1 fully saturated rings. The first-order chi connectivity index (χ1) is 9.77. The van der Waals surface area contributed by atoms with Crippen LogP contribution in [0.1, 0.15) is 13.3 Å². The summed E-state index contributed by atoms with van der Waals surface area (Å²) in [5, 5.41) is 1.90. The highest BCUT2D eigenvalue weighted by Crippen LogP contribution is 2.28. The number of pyridine rings is 1. The molecule has 1 aliphatic rings. The minimum absolute atomic E-state index is 0.216. The van der Waals surface area contributed by atoms with E-state index < -0.39 is 34.4 Å². The largest absolute Gasteiger partial charge is 0.294 e. The molecule has 1 aliphatic heterocycles. The molecule has 1 aromatic rings. The number of hydrogen-bond acceptors (Lipinski definition) is 5. The molecule has 1 saturated heterocycles. The normalized spacial score (nSPS) is 20.4. The number of sulfonamides is 1. The third-order valence-corrected chi connectivity index (χ3v) is 5.67. The van der Waals surface area contributed by atoms with Gasteiger partial charge in [-0.05, 0) is 28.4 Å². The highest BCUT2D eigenvalue weighted by Gasteiger charge is 2.41. The first kappa shape index (κ1) is 16.3. The Morgan fingerprint density at radius 2 is 2.19 bits per heavy atom. The Hall–Kier alpha value is -1.03. The number of nitrogens with zero attached hydrogens (tertiary/aromatic N) is 2. The Labute approximate surface area is 134 Å². The molecule has 0 spiro atoms. The van der Waals surface area contributed by atoms with Gasteiger partial charge < -0.3 is 0 Å². The second-order valence-electron chi connectivity index (χ2n) is 4.33. The molecular formula is C11H11BrClN3O4S. The highest BCUT2D eigenvalue weighted by molar-refractivity contribution is 9.10. The summed E-state index contributed by atoms with van der Waals surface area (Å²) < 4.78 is 26.6. The minimum atomic E-state index is -4.12. The minimum Gasteiger partial charge on any atom is -0.294 e. The van der Waals surface area contributed by atoms with Crippen molar-refractivity contribution in [3.05, 3.63) is 21.9 Å². The van der Waals surface area contributed by atoms with Crippen LogP contribution in [0, 0.1) is 0 Å². The first-order valence-electron chi connectivity index (χ1n) is 5.94. The van der Waals surface area contributed by atoms with Crippen LogP contribution in [0.3, 0.4) is 0 Å². The standard InChI is InChI=1S/C11H11BrClN3O4S/c1-2-7-11(18)15-9(17)5-16(7)21(19,20)8-3-6(12)4-14-10(8)13/h3-4,7H,2,5H2,1H3,(H,15,17,18). The lowest BCUT2D eigenvalue weighted by Crippen LogP contribution is -2.59. The number of rotatable bonds is 3. The maximum Gasteiger partial charge on any atom is 0.247 e.